The number of nitrogens with one attached hydrogen (secondary N) is 1. The van der Waals surface area contributed by atoms with E-state index in [4.69, 9.17) is 0 Å². The molecule has 1 saturated heterocycles. The van der Waals surface area contributed by atoms with Crippen molar-refractivity contribution in [3.63, 3.8) is 0 Å². The predicted molar refractivity (Wildman–Crippen MR) is 90.8 cm³/mol. The number of aromatic nitrogens is 1. The number of hydrogen-bond acceptors (Lipinski definition) is 4. The van der Waals surface area contributed by atoms with E-state index in [0.717, 1.165) is 36.9 Å². The van der Waals surface area contributed by atoms with Crippen molar-refractivity contribution in [1.82, 2.24) is 15.2 Å². The summed E-state index contributed by atoms with van der Waals surface area (Å²) in [5.41, 5.74) is 2.20. The topological polar surface area (TPSA) is 45.2 Å². The van der Waals surface area contributed by atoms with Crippen LogP contribution in [-0.2, 0) is 11.3 Å². The lowest BCUT2D eigenvalue weighted by molar-refractivity contribution is -0.119. The Morgan fingerprint density at radius 3 is 2.91 bits per heavy atom. The third-order valence-electron chi connectivity index (χ3n) is 4.62. The van der Waals surface area contributed by atoms with Gasteiger partial charge in [-0.15, -0.1) is 0 Å². The van der Waals surface area contributed by atoms with Gasteiger partial charge in [0.2, 0.25) is 5.91 Å². The van der Waals surface area contributed by atoms with Gasteiger partial charge in [0.25, 0.3) is 0 Å². The molecule has 2 aliphatic rings. The van der Waals surface area contributed by atoms with Gasteiger partial charge < -0.3 is 5.32 Å². The summed E-state index contributed by atoms with van der Waals surface area (Å²) < 4.78 is 0. The van der Waals surface area contributed by atoms with Crippen LogP contribution in [0.1, 0.15) is 24.2 Å². The lowest BCUT2D eigenvalue weighted by Crippen LogP contribution is -2.42. The molecule has 0 radical (unpaired) electrons. The van der Waals surface area contributed by atoms with Gasteiger partial charge in [0.15, 0.2) is 0 Å². The van der Waals surface area contributed by atoms with Crippen molar-refractivity contribution < 1.29 is 4.79 Å². The van der Waals surface area contributed by atoms with Gasteiger partial charge in [-0.1, -0.05) is 6.07 Å². The van der Waals surface area contributed by atoms with Crippen LogP contribution < -0.4 is 5.32 Å². The molecule has 3 rings (SSSR count). The van der Waals surface area contributed by atoms with E-state index in [-0.39, 0.29) is 5.91 Å². The normalized spacial score (nSPS) is 25.4. The van der Waals surface area contributed by atoms with Crippen LogP contribution in [0.5, 0.6) is 0 Å². The second-order valence-corrected chi connectivity index (χ2v) is 7.44. The Morgan fingerprint density at radius 2 is 2.23 bits per heavy atom. The first-order valence-corrected chi connectivity index (χ1v) is 9.48. The van der Waals surface area contributed by atoms with E-state index in [1.54, 1.807) is 11.8 Å². The smallest absolute Gasteiger partial charge is 0.230 e. The first-order valence-electron chi connectivity index (χ1n) is 8.09. The molecule has 1 aliphatic heterocycles. The second kappa shape index (κ2) is 7.01. The lowest BCUT2D eigenvalue weighted by atomic mass is 9.98. The molecule has 120 valence electrons. The SMILES string of the molecule is CSCC(=O)N[C@@H]1CN(Cc2cccc(C)n2)C[C@H]1C1CC1. The minimum absolute atomic E-state index is 0.179. The zero-order valence-electron chi connectivity index (χ0n) is 13.4. The van der Waals surface area contributed by atoms with Crippen molar-refractivity contribution in [3.05, 3.63) is 29.6 Å². The molecule has 0 bridgehead atoms. The van der Waals surface area contributed by atoms with E-state index in [1.165, 1.54) is 12.8 Å². The van der Waals surface area contributed by atoms with Crippen molar-refractivity contribution in [2.45, 2.75) is 32.4 Å². The third kappa shape index (κ3) is 4.02. The average molecular weight is 319 g/mol. The van der Waals surface area contributed by atoms with Crippen molar-refractivity contribution in [2.24, 2.45) is 11.8 Å². The largest absolute Gasteiger partial charge is 0.351 e. The van der Waals surface area contributed by atoms with Crippen LogP contribution >= 0.6 is 11.8 Å². The Bertz CT molecular complexity index is 532. The fraction of sp³-hybridized carbons (Fsp3) is 0.647. The van der Waals surface area contributed by atoms with Crippen molar-refractivity contribution in [2.75, 3.05) is 25.1 Å². The highest BCUT2D eigenvalue weighted by molar-refractivity contribution is 7.99. The van der Waals surface area contributed by atoms with Crippen LogP contribution in [0.4, 0.5) is 0 Å². The lowest BCUT2D eigenvalue weighted by Gasteiger charge is -2.19. The Balaban J connectivity index is 1.61. The molecule has 2 atom stereocenters. The maximum Gasteiger partial charge on any atom is 0.230 e. The van der Waals surface area contributed by atoms with Gasteiger partial charge in [-0.3, -0.25) is 14.7 Å². The van der Waals surface area contributed by atoms with Crippen molar-refractivity contribution in [3.8, 4) is 0 Å². The number of amides is 1. The van der Waals surface area contributed by atoms with E-state index in [0.29, 0.717) is 17.7 Å². The van der Waals surface area contributed by atoms with Crippen LogP contribution in [0.25, 0.3) is 0 Å². The molecule has 2 heterocycles. The molecule has 1 aromatic heterocycles. The summed E-state index contributed by atoms with van der Waals surface area (Å²) in [5, 5.41) is 3.26. The summed E-state index contributed by atoms with van der Waals surface area (Å²) in [5.74, 6) is 2.18. The van der Waals surface area contributed by atoms with E-state index < -0.39 is 0 Å². The molecular formula is C17H25N3OS. The number of aryl methyl sites for hydroxylation is 1. The number of carbonyl (C=O) groups excluding carboxylic acids is 1. The number of rotatable bonds is 6. The molecule has 22 heavy (non-hydrogen) atoms. The van der Waals surface area contributed by atoms with Gasteiger partial charge in [-0.2, -0.15) is 11.8 Å². The number of carbonyl (C=O) groups is 1. The molecule has 5 heteroatoms. The average Bonchev–Trinajstić information content (AvgIpc) is 3.23. The van der Waals surface area contributed by atoms with E-state index in [9.17, 15) is 4.79 Å². The molecule has 1 saturated carbocycles. The minimum Gasteiger partial charge on any atom is -0.351 e. The maximum absolute atomic E-state index is 11.9. The first-order chi connectivity index (χ1) is 10.7. The van der Waals surface area contributed by atoms with E-state index in [1.807, 2.05) is 19.2 Å². The fourth-order valence-corrected chi connectivity index (χ4v) is 3.84. The molecule has 1 N–H and O–H groups in total. The van der Waals surface area contributed by atoms with E-state index >= 15 is 0 Å². The predicted octanol–water partition coefficient (Wildman–Crippen LogP) is 2.08. The first kappa shape index (κ1) is 15.8. The van der Waals surface area contributed by atoms with Crippen LogP contribution in [0.15, 0.2) is 18.2 Å². The summed E-state index contributed by atoms with van der Waals surface area (Å²) >= 11 is 1.59. The molecule has 4 nitrogen and oxygen atoms in total. The standard InChI is InChI=1S/C17H25N3OS/c1-12-4-3-5-14(18-12)8-20-9-15(13-6-7-13)16(10-20)19-17(21)11-22-2/h3-5,13,15-16H,6-11H2,1-2H3,(H,19,21)/t15-,16+/m0/s1. The zero-order valence-corrected chi connectivity index (χ0v) is 14.2. The third-order valence-corrected chi connectivity index (χ3v) is 5.17. The zero-order chi connectivity index (χ0) is 15.5. The number of hydrogen-bond donors (Lipinski definition) is 1. The molecule has 0 aromatic carbocycles. The summed E-state index contributed by atoms with van der Waals surface area (Å²) in [4.78, 5) is 19.0. The Kier molecular flexibility index (Phi) is 5.03. The highest BCUT2D eigenvalue weighted by Gasteiger charge is 2.42. The summed E-state index contributed by atoms with van der Waals surface area (Å²) in [6.45, 7) is 4.97. The number of likely N-dealkylation sites (tertiary alicyclic amines) is 1. The quantitative estimate of drug-likeness (QED) is 0.872. The highest BCUT2D eigenvalue weighted by atomic mass is 32.2. The molecule has 0 spiro atoms. The highest BCUT2D eigenvalue weighted by Crippen LogP contribution is 2.41. The van der Waals surface area contributed by atoms with Gasteiger partial charge >= 0.3 is 0 Å². The van der Waals surface area contributed by atoms with Crippen molar-refractivity contribution in [1.29, 1.82) is 0 Å². The van der Waals surface area contributed by atoms with Gasteiger partial charge in [0.1, 0.15) is 0 Å². The number of nitrogens with zero attached hydrogens (tertiary/aromatic N) is 2. The number of thioether (sulfide) groups is 1. The van der Waals surface area contributed by atoms with Crippen LogP contribution in [0, 0.1) is 18.8 Å². The molecule has 2 fully saturated rings. The van der Waals surface area contributed by atoms with Gasteiger partial charge in [0.05, 0.1) is 11.4 Å². The summed E-state index contributed by atoms with van der Waals surface area (Å²) in [6.07, 6.45) is 4.63. The van der Waals surface area contributed by atoms with E-state index in [2.05, 4.69) is 27.3 Å². The fourth-order valence-electron chi connectivity index (χ4n) is 3.49. The van der Waals surface area contributed by atoms with Gasteiger partial charge in [0, 0.05) is 31.4 Å². The Hall–Kier alpha value is -1.07. The summed E-state index contributed by atoms with van der Waals surface area (Å²) in [6, 6.07) is 6.52. The minimum atomic E-state index is 0.179. The van der Waals surface area contributed by atoms with Gasteiger partial charge in [-0.05, 0) is 50.0 Å². The molecule has 1 aromatic rings. The molecule has 1 amide bonds. The summed E-state index contributed by atoms with van der Waals surface area (Å²) in [7, 11) is 0. The monoisotopic (exact) mass is 319 g/mol. The molecule has 1 aliphatic carbocycles. The molecular weight excluding hydrogens is 294 g/mol. The van der Waals surface area contributed by atoms with Crippen LogP contribution in [-0.4, -0.2) is 46.9 Å². The Labute approximate surface area is 137 Å². The maximum atomic E-state index is 11.9. The second-order valence-electron chi connectivity index (χ2n) is 6.57. The van der Waals surface area contributed by atoms with Gasteiger partial charge in [-0.25, -0.2) is 0 Å². The number of pyridine rings is 1. The van der Waals surface area contributed by atoms with Crippen molar-refractivity contribution >= 4 is 17.7 Å². The molecule has 0 unspecified atom stereocenters. The van der Waals surface area contributed by atoms with Crippen LogP contribution in [0.2, 0.25) is 0 Å². The van der Waals surface area contributed by atoms with Crippen LogP contribution in [0.3, 0.4) is 0 Å². The Morgan fingerprint density at radius 1 is 1.41 bits per heavy atom.